The molecule has 0 spiro atoms. The van der Waals surface area contributed by atoms with Crippen LogP contribution in [0, 0.1) is 5.82 Å². The van der Waals surface area contributed by atoms with Crippen LogP contribution in [0.15, 0.2) is 24.3 Å². The lowest BCUT2D eigenvalue weighted by molar-refractivity contribution is 0.0607. The first kappa shape index (κ1) is 14.5. The molecular formula is C15H16FNO2S. The van der Waals surface area contributed by atoms with Crippen LogP contribution >= 0.6 is 11.3 Å². The molecule has 1 aromatic heterocycles. The number of thiophene rings is 1. The molecule has 0 bridgehead atoms. The van der Waals surface area contributed by atoms with E-state index in [-0.39, 0.29) is 11.7 Å². The van der Waals surface area contributed by atoms with Crippen molar-refractivity contribution < 1.29 is 13.9 Å². The van der Waals surface area contributed by atoms with Crippen LogP contribution in [0.3, 0.4) is 0 Å². The topological polar surface area (TPSA) is 52.3 Å². The van der Waals surface area contributed by atoms with Crippen molar-refractivity contribution in [3.05, 3.63) is 40.5 Å². The average molecular weight is 293 g/mol. The largest absolute Gasteiger partial charge is 0.465 e. The molecule has 0 saturated heterocycles. The van der Waals surface area contributed by atoms with Gasteiger partial charge in [-0.2, -0.15) is 0 Å². The van der Waals surface area contributed by atoms with Crippen molar-refractivity contribution in [2.24, 2.45) is 0 Å². The Kier molecular flexibility index (Phi) is 4.09. The number of benzene rings is 1. The predicted octanol–water partition coefficient (Wildman–Crippen LogP) is 4.05. The van der Waals surface area contributed by atoms with Crippen LogP contribution in [-0.4, -0.2) is 13.1 Å². The van der Waals surface area contributed by atoms with Crippen LogP contribution in [-0.2, 0) is 4.74 Å². The molecule has 1 heterocycles. The van der Waals surface area contributed by atoms with Crippen molar-refractivity contribution >= 4 is 23.0 Å². The van der Waals surface area contributed by atoms with Gasteiger partial charge in [-0.05, 0) is 17.5 Å². The molecule has 106 valence electrons. The molecule has 3 nitrogen and oxygen atoms in total. The van der Waals surface area contributed by atoms with Gasteiger partial charge >= 0.3 is 5.97 Å². The second-order valence-electron chi connectivity index (χ2n) is 4.71. The molecule has 5 heteroatoms. The second-order valence-corrected chi connectivity index (χ2v) is 5.73. The van der Waals surface area contributed by atoms with Gasteiger partial charge in [0, 0.05) is 10.4 Å². The van der Waals surface area contributed by atoms with Crippen molar-refractivity contribution in [1.29, 1.82) is 0 Å². The highest BCUT2D eigenvalue weighted by molar-refractivity contribution is 7.18. The fourth-order valence-electron chi connectivity index (χ4n) is 2.12. The number of ether oxygens (including phenoxy) is 1. The van der Waals surface area contributed by atoms with E-state index >= 15 is 0 Å². The van der Waals surface area contributed by atoms with Crippen LogP contribution in [0.4, 0.5) is 10.1 Å². The zero-order valence-electron chi connectivity index (χ0n) is 11.6. The third-order valence-electron chi connectivity index (χ3n) is 3.05. The number of esters is 1. The molecule has 1 aromatic carbocycles. The summed E-state index contributed by atoms with van der Waals surface area (Å²) in [6, 6.07) is 6.48. The fourth-order valence-corrected chi connectivity index (χ4v) is 3.44. The summed E-state index contributed by atoms with van der Waals surface area (Å²) in [6.45, 7) is 3.92. The molecule has 0 atom stereocenters. The van der Waals surface area contributed by atoms with E-state index in [2.05, 4.69) is 0 Å². The van der Waals surface area contributed by atoms with E-state index in [0.29, 0.717) is 21.0 Å². The summed E-state index contributed by atoms with van der Waals surface area (Å²) in [7, 11) is 1.30. The van der Waals surface area contributed by atoms with Crippen LogP contribution in [0.1, 0.15) is 35.0 Å². The zero-order chi connectivity index (χ0) is 14.9. The zero-order valence-corrected chi connectivity index (χ0v) is 12.4. The Balaban J connectivity index is 2.70. The molecule has 20 heavy (non-hydrogen) atoms. The second kappa shape index (κ2) is 5.63. The molecule has 0 aliphatic rings. The standard InChI is InChI=1S/C15H16FNO2S/c1-8(2)11-12(17)14(15(18)19-3)20-13(11)9-6-4-5-7-10(9)16/h4-8H,17H2,1-3H3. The molecule has 2 rings (SSSR count). The first-order valence-corrected chi connectivity index (χ1v) is 7.04. The van der Waals surface area contributed by atoms with Gasteiger partial charge in [0.2, 0.25) is 0 Å². The van der Waals surface area contributed by atoms with E-state index in [9.17, 15) is 9.18 Å². The molecule has 0 unspecified atom stereocenters. The maximum absolute atomic E-state index is 14.0. The highest BCUT2D eigenvalue weighted by Crippen LogP contribution is 2.43. The van der Waals surface area contributed by atoms with Gasteiger partial charge in [-0.1, -0.05) is 32.0 Å². The molecule has 0 amide bonds. The van der Waals surface area contributed by atoms with E-state index in [0.717, 1.165) is 5.56 Å². The third-order valence-corrected chi connectivity index (χ3v) is 4.28. The summed E-state index contributed by atoms with van der Waals surface area (Å²) in [5, 5.41) is 0. The number of nitrogens with two attached hydrogens (primary N) is 1. The number of carbonyl (C=O) groups excluding carboxylic acids is 1. The Morgan fingerprint density at radius 3 is 2.55 bits per heavy atom. The molecular weight excluding hydrogens is 277 g/mol. The SMILES string of the molecule is COC(=O)c1sc(-c2ccccc2F)c(C(C)C)c1N. The Morgan fingerprint density at radius 2 is 2.00 bits per heavy atom. The van der Waals surface area contributed by atoms with E-state index in [1.165, 1.54) is 24.5 Å². The Labute approximate surface area is 121 Å². The van der Waals surface area contributed by atoms with Crippen LogP contribution in [0.25, 0.3) is 10.4 Å². The summed E-state index contributed by atoms with van der Waals surface area (Å²) in [6.07, 6.45) is 0. The van der Waals surface area contributed by atoms with Gasteiger partial charge in [-0.15, -0.1) is 11.3 Å². The van der Waals surface area contributed by atoms with Crippen molar-refractivity contribution in [2.75, 3.05) is 12.8 Å². The highest BCUT2D eigenvalue weighted by Gasteiger charge is 2.25. The van der Waals surface area contributed by atoms with Gasteiger partial charge in [0.25, 0.3) is 0 Å². The number of halogens is 1. The Morgan fingerprint density at radius 1 is 1.35 bits per heavy atom. The van der Waals surface area contributed by atoms with E-state index < -0.39 is 5.97 Å². The molecule has 0 saturated carbocycles. The molecule has 0 fully saturated rings. The van der Waals surface area contributed by atoms with Crippen LogP contribution in [0.2, 0.25) is 0 Å². The van der Waals surface area contributed by atoms with Gasteiger partial charge in [-0.25, -0.2) is 9.18 Å². The van der Waals surface area contributed by atoms with Crippen LogP contribution < -0.4 is 5.73 Å². The van der Waals surface area contributed by atoms with Crippen molar-refractivity contribution in [1.82, 2.24) is 0 Å². The van der Waals surface area contributed by atoms with Crippen molar-refractivity contribution in [2.45, 2.75) is 19.8 Å². The number of hydrogen-bond acceptors (Lipinski definition) is 4. The van der Waals surface area contributed by atoms with Gasteiger partial charge in [-0.3, -0.25) is 0 Å². The van der Waals surface area contributed by atoms with Crippen molar-refractivity contribution in [3.8, 4) is 10.4 Å². The summed E-state index contributed by atoms with van der Waals surface area (Å²) < 4.78 is 18.7. The predicted molar refractivity (Wildman–Crippen MR) is 79.6 cm³/mol. The molecule has 0 aliphatic carbocycles. The van der Waals surface area contributed by atoms with Crippen LogP contribution in [0.5, 0.6) is 0 Å². The summed E-state index contributed by atoms with van der Waals surface area (Å²) >= 11 is 1.17. The smallest absolute Gasteiger partial charge is 0.350 e. The molecule has 0 radical (unpaired) electrons. The monoisotopic (exact) mass is 293 g/mol. The van der Waals surface area contributed by atoms with Gasteiger partial charge in [0.05, 0.1) is 12.8 Å². The number of nitrogen functional groups attached to an aromatic ring is 1. The first-order valence-electron chi connectivity index (χ1n) is 6.22. The average Bonchev–Trinajstić information content (AvgIpc) is 2.76. The van der Waals surface area contributed by atoms with Crippen molar-refractivity contribution in [3.63, 3.8) is 0 Å². The lowest BCUT2D eigenvalue weighted by atomic mass is 9.98. The maximum Gasteiger partial charge on any atom is 0.350 e. The number of rotatable bonds is 3. The summed E-state index contributed by atoms with van der Waals surface area (Å²) in [5.74, 6) is -0.733. The summed E-state index contributed by atoms with van der Waals surface area (Å²) in [5.41, 5.74) is 7.69. The van der Waals surface area contributed by atoms with E-state index in [1.807, 2.05) is 13.8 Å². The minimum absolute atomic E-state index is 0.0827. The minimum atomic E-state index is -0.489. The lowest BCUT2D eigenvalue weighted by Gasteiger charge is -2.09. The third kappa shape index (κ3) is 2.41. The molecule has 0 aliphatic heterocycles. The number of methoxy groups -OCH3 is 1. The fraction of sp³-hybridized carbons (Fsp3) is 0.267. The normalized spacial score (nSPS) is 10.8. The van der Waals surface area contributed by atoms with Gasteiger partial charge in [0.15, 0.2) is 0 Å². The highest BCUT2D eigenvalue weighted by atomic mass is 32.1. The molecule has 2 aromatic rings. The summed E-state index contributed by atoms with van der Waals surface area (Å²) in [4.78, 5) is 12.8. The van der Waals surface area contributed by atoms with E-state index in [4.69, 9.17) is 10.5 Å². The number of carbonyl (C=O) groups is 1. The molecule has 2 N–H and O–H groups in total. The van der Waals surface area contributed by atoms with Gasteiger partial charge < -0.3 is 10.5 Å². The minimum Gasteiger partial charge on any atom is -0.465 e. The first-order chi connectivity index (χ1) is 9.47. The lowest BCUT2D eigenvalue weighted by Crippen LogP contribution is -2.03. The number of anilines is 1. The maximum atomic E-state index is 14.0. The number of hydrogen-bond donors (Lipinski definition) is 1. The van der Waals surface area contributed by atoms with Gasteiger partial charge in [0.1, 0.15) is 10.7 Å². The van der Waals surface area contributed by atoms with E-state index in [1.54, 1.807) is 18.2 Å². The Hall–Kier alpha value is -1.88. The Bertz CT molecular complexity index is 649. The quantitative estimate of drug-likeness (QED) is 0.869.